The van der Waals surface area contributed by atoms with Crippen LogP contribution in [0.3, 0.4) is 0 Å². The number of rotatable bonds is 8. The molecular formula is C17H24ClN3O5S. The van der Waals surface area contributed by atoms with Gasteiger partial charge in [0.25, 0.3) is 5.69 Å². The van der Waals surface area contributed by atoms with Crippen molar-refractivity contribution in [3.8, 4) is 0 Å². The Morgan fingerprint density at radius 1 is 1.37 bits per heavy atom. The second kappa shape index (κ2) is 10.4. The lowest BCUT2D eigenvalue weighted by Crippen LogP contribution is -2.46. The van der Waals surface area contributed by atoms with E-state index in [0.29, 0.717) is 23.1 Å². The van der Waals surface area contributed by atoms with Crippen molar-refractivity contribution >= 4 is 41.1 Å². The molecule has 0 unspecified atom stereocenters. The Balaban J connectivity index is 2.30. The van der Waals surface area contributed by atoms with Gasteiger partial charge in [-0.3, -0.25) is 14.9 Å². The number of nitro groups is 1. The van der Waals surface area contributed by atoms with Gasteiger partial charge in [0.15, 0.2) is 0 Å². The Morgan fingerprint density at radius 3 is 2.59 bits per heavy atom. The maximum absolute atomic E-state index is 12.0. The zero-order chi connectivity index (χ0) is 20.6. The monoisotopic (exact) mass is 417 g/mol. The predicted molar refractivity (Wildman–Crippen MR) is 106 cm³/mol. The minimum atomic E-state index is -0.718. The fourth-order valence-corrected chi connectivity index (χ4v) is 2.95. The first-order chi connectivity index (χ1) is 12.5. The van der Waals surface area contributed by atoms with Gasteiger partial charge in [-0.25, -0.2) is 4.79 Å². The van der Waals surface area contributed by atoms with E-state index in [1.54, 1.807) is 33.8 Å². The number of non-ortho nitro benzene ring substituents is 1. The summed E-state index contributed by atoms with van der Waals surface area (Å²) in [5.41, 5.74) is 0.131. The van der Waals surface area contributed by atoms with Gasteiger partial charge < -0.3 is 15.4 Å². The first-order valence-electron chi connectivity index (χ1n) is 8.27. The Hall–Kier alpha value is -2.00. The quantitative estimate of drug-likeness (QED) is 0.290. The van der Waals surface area contributed by atoms with Gasteiger partial charge in [0.1, 0.15) is 11.6 Å². The highest BCUT2D eigenvalue weighted by Gasteiger charge is 2.20. The van der Waals surface area contributed by atoms with Crippen molar-refractivity contribution < 1.29 is 19.2 Å². The molecule has 1 atom stereocenters. The number of ether oxygens (including phenoxy) is 1. The number of nitro benzene ring substituents is 1. The molecule has 27 heavy (non-hydrogen) atoms. The van der Waals surface area contributed by atoms with E-state index in [2.05, 4.69) is 10.6 Å². The van der Waals surface area contributed by atoms with Crippen molar-refractivity contribution in [2.24, 2.45) is 0 Å². The van der Waals surface area contributed by atoms with Gasteiger partial charge in [-0.05, 0) is 45.4 Å². The van der Waals surface area contributed by atoms with E-state index in [-0.39, 0.29) is 11.6 Å². The third-order valence-corrected chi connectivity index (χ3v) is 4.43. The number of hydrogen-bond donors (Lipinski definition) is 2. The van der Waals surface area contributed by atoms with Crippen LogP contribution in [0.2, 0.25) is 5.02 Å². The molecule has 0 aliphatic carbocycles. The summed E-state index contributed by atoms with van der Waals surface area (Å²) >= 11 is 7.51. The molecular weight excluding hydrogens is 394 g/mol. The highest BCUT2D eigenvalue weighted by Crippen LogP contribution is 2.23. The van der Waals surface area contributed by atoms with Gasteiger partial charge in [0, 0.05) is 12.1 Å². The molecule has 0 aliphatic rings. The van der Waals surface area contributed by atoms with E-state index >= 15 is 0 Å². The second-order valence-electron chi connectivity index (χ2n) is 6.74. The molecule has 8 nitrogen and oxygen atoms in total. The molecule has 1 aromatic carbocycles. The smallest absolute Gasteiger partial charge is 0.408 e. The number of aryl methyl sites for hydroxylation is 1. The summed E-state index contributed by atoms with van der Waals surface area (Å²) in [6.07, 6.45) is -0.0334. The summed E-state index contributed by atoms with van der Waals surface area (Å²) in [6, 6.07) is 3.65. The number of thioether (sulfide) groups is 1. The van der Waals surface area contributed by atoms with Crippen LogP contribution in [0.1, 0.15) is 33.3 Å². The van der Waals surface area contributed by atoms with Crippen molar-refractivity contribution in [1.82, 2.24) is 10.6 Å². The largest absolute Gasteiger partial charge is 0.444 e. The number of nitrogens with one attached hydrogen (secondary N) is 2. The highest BCUT2D eigenvalue weighted by molar-refractivity contribution is 7.99. The van der Waals surface area contributed by atoms with Crippen LogP contribution in [0.5, 0.6) is 0 Å². The number of alkyl carbamates (subject to hydrolysis) is 1. The lowest BCUT2D eigenvalue weighted by molar-refractivity contribution is -0.384. The van der Waals surface area contributed by atoms with Crippen molar-refractivity contribution in [2.45, 2.75) is 45.8 Å². The van der Waals surface area contributed by atoms with Crippen LogP contribution in [0.4, 0.5) is 10.5 Å². The molecule has 0 spiro atoms. The normalized spacial score (nSPS) is 12.2. The molecule has 1 rings (SSSR count). The average molecular weight is 418 g/mol. The number of hydrogen-bond acceptors (Lipinski definition) is 6. The van der Waals surface area contributed by atoms with E-state index in [1.807, 2.05) is 0 Å². The summed E-state index contributed by atoms with van der Waals surface area (Å²) in [4.78, 5) is 33.8. The fourth-order valence-electron chi connectivity index (χ4n) is 1.93. The van der Waals surface area contributed by atoms with Crippen LogP contribution < -0.4 is 10.6 Å². The molecule has 0 bridgehead atoms. The SMILES string of the molecule is C[C@H](NC(=O)OC(C)(C)C)C(=O)NCSCCc1ccc([N+](=O)[O-])cc1Cl. The maximum Gasteiger partial charge on any atom is 0.408 e. The summed E-state index contributed by atoms with van der Waals surface area (Å²) in [5.74, 6) is 0.719. The van der Waals surface area contributed by atoms with E-state index in [0.717, 1.165) is 5.56 Å². The third kappa shape index (κ3) is 8.96. The standard InChI is InChI=1S/C17H24ClN3O5S/c1-11(20-16(23)26-17(2,3)4)15(22)19-10-27-8-7-12-5-6-13(21(24)25)9-14(12)18/h5-6,9,11H,7-8,10H2,1-4H3,(H,19,22)(H,20,23)/t11-/m0/s1. The Kier molecular flexibility index (Phi) is 8.84. The van der Waals surface area contributed by atoms with Crippen molar-refractivity contribution in [1.29, 1.82) is 0 Å². The number of halogens is 1. The van der Waals surface area contributed by atoms with Gasteiger partial charge in [0.05, 0.1) is 15.8 Å². The third-order valence-electron chi connectivity index (χ3n) is 3.24. The zero-order valence-corrected chi connectivity index (χ0v) is 17.3. The molecule has 0 aromatic heterocycles. The number of nitrogens with zero attached hydrogens (tertiary/aromatic N) is 1. The summed E-state index contributed by atoms with van der Waals surface area (Å²) in [7, 11) is 0. The highest BCUT2D eigenvalue weighted by atomic mass is 35.5. The minimum absolute atomic E-state index is 0.0462. The molecule has 150 valence electrons. The van der Waals surface area contributed by atoms with Crippen LogP contribution in [0.25, 0.3) is 0 Å². The van der Waals surface area contributed by atoms with E-state index in [9.17, 15) is 19.7 Å². The number of carbonyl (C=O) groups is 2. The number of benzene rings is 1. The molecule has 2 amide bonds. The minimum Gasteiger partial charge on any atom is -0.444 e. The lowest BCUT2D eigenvalue weighted by Gasteiger charge is -2.21. The van der Waals surface area contributed by atoms with E-state index in [1.165, 1.54) is 23.9 Å². The molecule has 2 N–H and O–H groups in total. The summed E-state index contributed by atoms with van der Waals surface area (Å²) in [6.45, 7) is 6.79. The topological polar surface area (TPSA) is 111 Å². The van der Waals surface area contributed by atoms with E-state index in [4.69, 9.17) is 16.3 Å². The van der Waals surface area contributed by atoms with Crippen LogP contribution in [0.15, 0.2) is 18.2 Å². The Bertz CT molecular complexity index is 694. The van der Waals surface area contributed by atoms with Crippen LogP contribution in [0, 0.1) is 10.1 Å². The van der Waals surface area contributed by atoms with E-state index < -0.39 is 22.7 Å². The molecule has 0 heterocycles. The van der Waals surface area contributed by atoms with Crippen molar-refractivity contribution in [2.75, 3.05) is 11.6 Å². The van der Waals surface area contributed by atoms with Gasteiger partial charge in [0.2, 0.25) is 5.91 Å². The van der Waals surface area contributed by atoms with Gasteiger partial charge in [-0.2, -0.15) is 0 Å². The van der Waals surface area contributed by atoms with Crippen LogP contribution in [-0.2, 0) is 16.0 Å². The molecule has 0 fully saturated rings. The number of carbonyl (C=O) groups excluding carboxylic acids is 2. The fraction of sp³-hybridized carbons (Fsp3) is 0.529. The summed E-state index contributed by atoms with van der Waals surface area (Å²) < 4.78 is 5.10. The first kappa shape index (κ1) is 23.0. The van der Waals surface area contributed by atoms with Crippen molar-refractivity contribution in [3.63, 3.8) is 0 Å². The first-order valence-corrected chi connectivity index (χ1v) is 9.80. The molecule has 10 heteroatoms. The zero-order valence-electron chi connectivity index (χ0n) is 15.7. The van der Waals surface area contributed by atoms with Gasteiger partial charge >= 0.3 is 6.09 Å². The average Bonchev–Trinajstić information content (AvgIpc) is 2.53. The molecule has 0 saturated heterocycles. The molecule has 1 aromatic rings. The van der Waals surface area contributed by atoms with Crippen molar-refractivity contribution in [3.05, 3.63) is 38.9 Å². The Morgan fingerprint density at radius 2 is 2.04 bits per heavy atom. The van der Waals surface area contributed by atoms with Gasteiger partial charge in [-0.1, -0.05) is 17.7 Å². The Labute approximate surface area is 167 Å². The molecule has 0 aliphatic heterocycles. The number of amides is 2. The maximum atomic E-state index is 12.0. The predicted octanol–water partition coefficient (Wildman–Crippen LogP) is 3.51. The molecule has 0 radical (unpaired) electrons. The van der Waals surface area contributed by atoms with Crippen LogP contribution >= 0.6 is 23.4 Å². The van der Waals surface area contributed by atoms with Crippen LogP contribution in [-0.4, -0.2) is 40.2 Å². The van der Waals surface area contributed by atoms with Gasteiger partial charge in [-0.15, -0.1) is 11.8 Å². The molecule has 0 saturated carbocycles. The lowest BCUT2D eigenvalue weighted by atomic mass is 10.1. The summed E-state index contributed by atoms with van der Waals surface area (Å²) in [5, 5.41) is 16.2. The second-order valence-corrected chi connectivity index (χ2v) is 8.26.